The Morgan fingerprint density at radius 1 is 1.18 bits per heavy atom. The maximum atomic E-state index is 6.23. The van der Waals surface area contributed by atoms with Crippen molar-refractivity contribution in [1.29, 1.82) is 0 Å². The van der Waals surface area contributed by atoms with Gasteiger partial charge in [0.25, 0.3) is 0 Å². The molecule has 154 valence electrons. The molecule has 2 aromatic rings. The van der Waals surface area contributed by atoms with E-state index in [-0.39, 0.29) is 6.04 Å². The molecule has 2 heterocycles. The summed E-state index contributed by atoms with van der Waals surface area (Å²) in [5, 5.41) is 13.3. The molecule has 1 saturated heterocycles. The van der Waals surface area contributed by atoms with E-state index in [0.29, 0.717) is 19.1 Å². The van der Waals surface area contributed by atoms with Crippen molar-refractivity contribution in [3.8, 4) is 0 Å². The van der Waals surface area contributed by atoms with Gasteiger partial charge in [-0.1, -0.05) is 31.5 Å². The Morgan fingerprint density at radius 2 is 1.93 bits per heavy atom. The zero-order valence-corrected chi connectivity index (χ0v) is 18.1. The summed E-state index contributed by atoms with van der Waals surface area (Å²) in [6.45, 7) is 11.8. The van der Waals surface area contributed by atoms with Crippen LogP contribution in [0.25, 0.3) is 0 Å². The van der Waals surface area contributed by atoms with Crippen LogP contribution in [0, 0.1) is 12.8 Å². The van der Waals surface area contributed by atoms with Crippen LogP contribution in [-0.2, 0) is 11.3 Å². The Kier molecular flexibility index (Phi) is 7.26. The van der Waals surface area contributed by atoms with Gasteiger partial charge >= 0.3 is 0 Å². The van der Waals surface area contributed by atoms with Gasteiger partial charge in [-0.15, -0.1) is 5.10 Å². The first-order valence-electron chi connectivity index (χ1n) is 9.99. The van der Waals surface area contributed by atoms with Crippen molar-refractivity contribution in [1.82, 2.24) is 25.1 Å². The molecule has 0 bridgehead atoms. The van der Waals surface area contributed by atoms with Gasteiger partial charge in [0.2, 0.25) is 0 Å². The number of benzene rings is 1. The minimum Gasteiger partial charge on any atom is -0.383 e. The Morgan fingerprint density at radius 3 is 2.61 bits per heavy atom. The molecule has 7 nitrogen and oxygen atoms in total. The Balaban J connectivity index is 1.73. The number of anilines is 1. The number of ether oxygens (including phenoxy) is 1. The molecule has 8 heteroatoms. The summed E-state index contributed by atoms with van der Waals surface area (Å²) >= 11 is 6.23. The molecule has 1 aliphatic heterocycles. The van der Waals surface area contributed by atoms with Crippen molar-refractivity contribution in [2.75, 3.05) is 44.8 Å². The predicted molar refractivity (Wildman–Crippen MR) is 112 cm³/mol. The van der Waals surface area contributed by atoms with Crippen LogP contribution in [0.15, 0.2) is 18.2 Å². The average molecular weight is 407 g/mol. The largest absolute Gasteiger partial charge is 0.383 e. The molecular weight excluding hydrogens is 376 g/mol. The number of methoxy groups -OCH3 is 1. The molecule has 0 unspecified atom stereocenters. The Bertz CT molecular complexity index is 757. The van der Waals surface area contributed by atoms with Crippen LogP contribution in [0.2, 0.25) is 5.02 Å². The van der Waals surface area contributed by atoms with Crippen LogP contribution in [0.5, 0.6) is 0 Å². The molecule has 1 aromatic carbocycles. The first-order chi connectivity index (χ1) is 13.5. The molecule has 0 saturated carbocycles. The van der Waals surface area contributed by atoms with E-state index in [4.69, 9.17) is 16.3 Å². The summed E-state index contributed by atoms with van der Waals surface area (Å²) < 4.78 is 7.11. The second kappa shape index (κ2) is 9.67. The third-order valence-electron chi connectivity index (χ3n) is 5.33. The third kappa shape index (κ3) is 5.01. The number of aryl methyl sites for hydroxylation is 1. The van der Waals surface area contributed by atoms with Gasteiger partial charge in [-0.05, 0) is 47.4 Å². The molecule has 1 fully saturated rings. The summed E-state index contributed by atoms with van der Waals surface area (Å²) in [4.78, 5) is 4.95. The fourth-order valence-corrected chi connectivity index (χ4v) is 4.02. The zero-order chi connectivity index (χ0) is 20.1. The van der Waals surface area contributed by atoms with Crippen LogP contribution < -0.4 is 4.90 Å². The van der Waals surface area contributed by atoms with E-state index in [1.54, 1.807) is 7.11 Å². The van der Waals surface area contributed by atoms with E-state index in [2.05, 4.69) is 58.2 Å². The monoisotopic (exact) mass is 406 g/mol. The minimum absolute atomic E-state index is 0.217. The van der Waals surface area contributed by atoms with Gasteiger partial charge in [0, 0.05) is 44.0 Å². The molecule has 1 atom stereocenters. The van der Waals surface area contributed by atoms with Crippen LogP contribution in [0.4, 0.5) is 5.69 Å². The molecule has 0 amide bonds. The fourth-order valence-electron chi connectivity index (χ4n) is 3.85. The van der Waals surface area contributed by atoms with Crippen molar-refractivity contribution in [3.05, 3.63) is 34.6 Å². The molecule has 0 aliphatic carbocycles. The number of hydrogen-bond donors (Lipinski definition) is 0. The molecule has 1 aromatic heterocycles. The molecule has 1 aliphatic rings. The van der Waals surface area contributed by atoms with Gasteiger partial charge in [0.1, 0.15) is 0 Å². The second-order valence-corrected chi connectivity index (χ2v) is 8.29. The number of tetrazole rings is 1. The van der Waals surface area contributed by atoms with Gasteiger partial charge in [0.05, 0.1) is 19.2 Å². The van der Waals surface area contributed by atoms with Crippen molar-refractivity contribution < 1.29 is 4.74 Å². The third-order valence-corrected chi connectivity index (χ3v) is 5.56. The maximum absolute atomic E-state index is 6.23. The topological polar surface area (TPSA) is 59.3 Å². The van der Waals surface area contributed by atoms with E-state index in [0.717, 1.165) is 43.4 Å². The minimum atomic E-state index is 0.217. The van der Waals surface area contributed by atoms with Gasteiger partial charge in [-0.2, -0.15) is 0 Å². The summed E-state index contributed by atoms with van der Waals surface area (Å²) in [5.74, 6) is 1.50. The lowest BCUT2D eigenvalue weighted by atomic mass is 10.0. The second-order valence-electron chi connectivity index (χ2n) is 7.85. The summed E-state index contributed by atoms with van der Waals surface area (Å²) in [7, 11) is 1.70. The zero-order valence-electron chi connectivity index (χ0n) is 17.3. The van der Waals surface area contributed by atoms with Gasteiger partial charge in [-0.25, -0.2) is 4.68 Å². The standard InChI is InChI=1S/C20H31ClN6O/c1-15(2)13-19(20-22-23-24-27(20)11-12-28-4)26-9-7-25(8-10-26)18-14-17(21)6-5-16(18)3/h5-6,14-15,19H,7-13H2,1-4H3/t19-/m0/s1. The molecule has 0 spiro atoms. The fraction of sp³-hybridized carbons (Fsp3) is 0.650. The lowest BCUT2D eigenvalue weighted by Gasteiger charge is -2.40. The highest BCUT2D eigenvalue weighted by Gasteiger charge is 2.30. The number of nitrogens with zero attached hydrogens (tertiary/aromatic N) is 6. The van der Waals surface area contributed by atoms with Gasteiger partial charge < -0.3 is 9.64 Å². The maximum Gasteiger partial charge on any atom is 0.168 e. The number of hydrogen-bond acceptors (Lipinski definition) is 6. The van der Waals surface area contributed by atoms with Crippen LogP contribution in [0.1, 0.15) is 37.7 Å². The van der Waals surface area contributed by atoms with E-state index in [1.165, 1.54) is 11.3 Å². The molecule has 0 radical (unpaired) electrons. The highest BCUT2D eigenvalue weighted by molar-refractivity contribution is 6.30. The molecule has 0 N–H and O–H groups in total. The van der Waals surface area contributed by atoms with E-state index in [9.17, 15) is 0 Å². The smallest absolute Gasteiger partial charge is 0.168 e. The van der Waals surface area contributed by atoms with E-state index < -0.39 is 0 Å². The predicted octanol–water partition coefficient (Wildman–Crippen LogP) is 3.19. The average Bonchev–Trinajstić information content (AvgIpc) is 3.14. The first-order valence-corrected chi connectivity index (χ1v) is 10.4. The number of aromatic nitrogens is 4. The SMILES string of the molecule is COCCn1nnnc1[C@H](CC(C)C)N1CCN(c2cc(Cl)ccc2C)CC1. The van der Waals surface area contributed by atoms with Gasteiger partial charge in [0.15, 0.2) is 5.82 Å². The van der Waals surface area contributed by atoms with Crippen molar-refractivity contribution in [2.24, 2.45) is 5.92 Å². The van der Waals surface area contributed by atoms with E-state index in [1.807, 2.05) is 10.7 Å². The normalized spacial score (nSPS) is 16.7. The number of halogens is 1. The summed E-state index contributed by atoms with van der Waals surface area (Å²) in [6.07, 6.45) is 1.03. The highest BCUT2D eigenvalue weighted by atomic mass is 35.5. The Labute approximate surface area is 172 Å². The van der Waals surface area contributed by atoms with Crippen LogP contribution >= 0.6 is 11.6 Å². The molecular formula is C20H31ClN6O. The van der Waals surface area contributed by atoms with Crippen LogP contribution in [0.3, 0.4) is 0 Å². The highest BCUT2D eigenvalue weighted by Crippen LogP contribution is 2.30. The van der Waals surface area contributed by atoms with Crippen molar-refractivity contribution in [3.63, 3.8) is 0 Å². The number of piperazine rings is 1. The molecule has 3 rings (SSSR count). The van der Waals surface area contributed by atoms with Crippen molar-refractivity contribution >= 4 is 17.3 Å². The van der Waals surface area contributed by atoms with Crippen LogP contribution in [-0.4, -0.2) is 65.0 Å². The lowest BCUT2D eigenvalue weighted by molar-refractivity contribution is 0.145. The quantitative estimate of drug-likeness (QED) is 0.671. The van der Waals surface area contributed by atoms with Gasteiger partial charge in [-0.3, -0.25) is 4.90 Å². The van der Waals surface area contributed by atoms with E-state index >= 15 is 0 Å². The summed E-state index contributed by atoms with van der Waals surface area (Å²) in [5.41, 5.74) is 2.50. The Hall–Kier alpha value is -1.70. The van der Waals surface area contributed by atoms with Crippen molar-refractivity contribution in [2.45, 2.75) is 39.8 Å². The number of rotatable bonds is 8. The molecule has 28 heavy (non-hydrogen) atoms. The first kappa shape index (κ1) is 21.0. The summed E-state index contributed by atoms with van der Waals surface area (Å²) in [6, 6.07) is 6.34. The lowest BCUT2D eigenvalue weighted by Crippen LogP contribution is -2.48.